The zero-order chi connectivity index (χ0) is 26.5. The molecule has 0 aromatic heterocycles. The van der Waals surface area contributed by atoms with Crippen molar-refractivity contribution in [2.45, 2.75) is 69.6 Å². The Balaban J connectivity index is 1.67. The van der Waals surface area contributed by atoms with Crippen molar-refractivity contribution in [2.24, 2.45) is 5.92 Å². The van der Waals surface area contributed by atoms with Gasteiger partial charge in [-0.15, -0.1) is 0 Å². The number of hydrogen-bond donors (Lipinski definition) is 2. The second kappa shape index (κ2) is 9.79. The predicted octanol–water partition coefficient (Wildman–Crippen LogP) is 5.99. The molecule has 1 aliphatic heterocycles. The van der Waals surface area contributed by atoms with Gasteiger partial charge in [0.05, 0.1) is 12.5 Å². The van der Waals surface area contributed by atoms with Crippen LogP contribution in [0.15, 0.2) is 40.9 Å². The van der Waals surface area contributed by atoms with E-state index >= 15 is 0 Å². The minimum absolute atomic E-state index is 0.0150. The lowest BCUT2D eigenvalue weighted by atomic mass is 9.79. The summed E-state index contributed by atoms with van der Waals surface area (Å²) in [7, 11) is 0. The molecule has 0 saturated heterocycles. The molecule has 2 aliphatic carbocycles. The van der Waals surface area contributed by atoms with Gasteiger partial charge in [-0.25, -0.2) is 8.78 Å². The van der Waals surface area contributed by atoms with Crippen LogP contribution < -0.4 is 4.48 Å². The summed E-state index contributed by atoms with van der Waals surface area (Å²) in [5, 5.41) is 19.9. The zero-order valence-electron chi connectivity index (χ0n) is 20.1. The summed E-state index contributed by atoms with van der Waals surface area (Å²) in [4.78, 5) is 39.6. The highest BCUT2D eigenvalue weighted by atomic mass is 79.9. The number of quaternary nitrogens is 1. The molecule has 2 saturated carbocycles. The predicted molar refractivity (Wildman–Crippen MR) is 135 cm³/mol. The van der Waals surface area contributed by atoms with Crippen molar-refractivity contribution < 1.29 is 33.4 Å². The van der Waals surface area contributed by atoms with Crippen molar-refractivity contribution in [2.75, 3.05) is 0 Å². The maximum atomic E-state index is 14.8. The highest BCUT2D eigenvalue weighted by Gasteiger charge is 2.61. The van der Waals surface area contributed by atoms with E-state index in [0.717, 1.165) is 35.9 Å². The monoisotopic (exact) mass is 577 g/mol. The summed E-state index contributed by atoms with van der Waals surface area (Å²) < 4.78 is 28.7. The van der Waals surface area contributed by atoms with Crippen LogP contribution in [0.1, 0.15) is 62.1 Å². The van der Waals surface area contributed by atoms with Crippen LogP contribution in [0.3, 0.4) is 0 Å². The van der Waals surface area contributed by atoms with Gasteiger partial charge in [0.25, 0.3) is 0 Å². The molecule has 0 bridgehead atoms. The third kappa shape index (κ3) is 4.54. The van der Waals surface area contributed by atoms with Gasteiger partial charge in [0.15, 0.2) is 0 Å². The van der Waals surface area contributed by atoms with Gasteiger partial charge in [0.2, 0.25) is 5.91 Å². The van der Waals surface area contributed by atoms with Crippen LogP contribution >= 0.6 is 15.9 Å². The van der Waals surface area contributed by atoms with E-state index in [2.05, 4.69) is 15.9 Å². The Kier molecular flexibility index (Phi) is 6.83. The number of carbonyl (C=O) groups excluding carboxylic acids is 1. The summed E-state index contributed by atoms with van der Waals surface area (Å²) in [5.74, 6) is -3.03. The molecule has 3 aliphatic rings. The number of aliphatic carboxylic acids is 1. The van der Waals surface area contributed by atoms with Crippen molar-refractivity contribution in [3.8, 4) is 0 Å². The van der Waals surface area contributed by atoms with E-state index in [-0.39, 0.29) is 42.8 Å². The molecule has 2 amide bonds. The van der Waals surface area contributed by atoms with Gasteiger partial charge in [0, 0.05) is 52.5 Å². The number of halogens is 3. The van der Waals surface area contributed by atoms with Crippen molar-refractivity contribution in [1.82, 2.24) is 9.38 Å². The van der Waals surface area contributed by atoms with Gasteiger partial charge in [-0.05, 0) is 49.9 Å². The first kappa shape index (κ1) is 25.8. The first-order valence-electron chi connectivity index (χ1n) is 12.5. The molecule has 10 heteroatoms. The third-order valence-electron chi connectivity index (χ3n) is 8.10. The topological polar surface area (TPSA) is 94.9 Å². The maximum Gasteiger partial charge on any atom is 0.519 e. The minimum atomic E-state index is -1.13. The van der Waals surface area contributed by atoms with Crippen LogP contribution in [-0.4, -0.2) is 45.2 Å². The molecule has 196 valence electrons. The average Bonchev–Trinajstić information content (AvgIpc) is 3.55. The lowest BCUT2D eigenvalue weighted by Gasteiger charge is -2.50. The Morgan fingerprint density at radius 2 is 1.76 bits per heavy atom. The number of fused-ring (bicyclic) bond motifs is 2. The zero-order valence-corrected chi connectivity index (χ0v) is 21.7. The highest BCUT2D eigenvalue weighted by molar-refractivity contribution is 9.10. The van der Waals surface area contributed by atoms with Crippen LogP contribution in [0.5, 0.6) is 0 Å². The van der Waals surface area contributed by atoms with E-state index in [1.165, 1.54) is 6.07 Å². The van der Waals surface area contributed by atoms with Crippen LogP contribution in [0.25, 0.3) is 0 Å². The Hall–Kier alpha value is -2.85. The molecule has 7 nitrogen and oxygen atoms in total. The molecule has 0 spiro atoms. The summed E-state index contributed by atoms with van der Waals surface area (Å²) in [6.07, 6.45) is 2.13. The van der Waals surface area contributed by atoms with E-state index in [9.17, 15) is 28.3 Å². The average molecular weight is 578 g/mol. The molecule has 1 heterocycles. The fourth-order valence-electron chi connectivity index (χ4n) is 6.49. The van der Waals surface area contributed by atoms with Gasteiger partial charge >= 0.3 is 12.1 Å². The smallest absolute Gasteiger partial charge is 0.481 e. The van der Waals surface area contributed by atoms with Crippen molar-refractivity contribution in [3.05, 3.63) is 63.6 Å². The standard InChI is InChI=1S/C27H27BrF2N2O5/c28-16-5-9-23-20(12-16)26(31(18-7-8-18)24(33)10-11-25(34)35)19-2-1-3-22(19)32(23,27(36)37)14-15-4-6-17(29)13-21(15)30/h4-6,9,12-13,18-19,22,26H,1-3,7-8,10-11,14H2,(H-,34,35,36,37)/p+1/t19-,22+,26+,32+/m0/s1. The molecule has 2 N–H and O–H groups in total. The number of amides is 2. The second-order valence-corrected chi connectivity index (χ2v) is 11.2. The lowest BCUT2D eigenvalue weighted by Crippen LogP contribution is -2.65. The highest BCUT2D eigenvalue weighted by Crippen LogP contribution is 2.56. The summed E-state index contributed by atoms with van der Waals surface area (Å²) in [6, 6.07) is 7.66. The molecule has 4 atom stereocenters. The number of carbonyl (C=O) groups is 3. The molecule has 0 unspecified atom stereocenters. The van der Waals surface area contributed by atoms with Gasteiger partial charge < -0.3 is 15.1 Å². The molecular weight excluding hydrogens is 550 g/mol. The third-order valence-corrected chi connectivity index (χ3v) is 8.59. The first-order chi connectivity index (χ1) is 17.6. The first-order valence-corrected chi connectivity index (χ1v) is 13.3. The largest absolute Gasteiger partial charge is 0.519 e. The lowest BCUT2D eigenvalue weighted by molar-refractivity contribution is -0.143. The van der Waals surface area contributed by atoms with Crippen LogP contribution in [-0.2, 0) is 16.1 Å². The van der Waals surface area contributed by atoms with Crippen LogP contribution in [0.4, 0.5) is 19.3 Å². The van der Waals surface area contributed by atoms with E-state index in [0.29, 0.717) is 24.1 Å². The summed E-state index contributed by atoms with van der Waals surface area (Å²) >= 11 is 3.50. The number of rotatable bonds is 7. The number of carboxylic acids is 1. The summed E-state index contributed by atoms with van der Waals surface area (Å²) in [6.45, 7) is -0.194. The molecule has 0 radical (unpaired) electrons. The van der Waals surface area contributed by atoms with Gasteiger partial charge in [-0.3, -0.25) is 9.59 Å². The normalized spacial score (nSPS) is 26.3. The Morgan fingerprint density at radius 1 is 1.00 bits per heavy atom. The minimum Gasteiger partial charge on any atom is -0.481 e. The van der Waals surface area contributed by atoms with Crippen molar-refractivity contribution in [1.29, 1.82) is 0 Å². The molecule has 5 rings (SSSR count). The SMILES string of the molecule is O=C(O)CCC(=O)N(C1CC1)[C@H]1c2cc(Br)ccc2[N@+](Cc2ccc(F)cc2F)(C(=O)O)[C@@H]2CCC[C@@H]21. The molecule has 2 aromatic carbocycles. The second-order valence-electron chi connectivity index (χ2n) is 10.3. The Labute approximate surface area is 221 Å². The molecular formula is C27H28BrF2N2O5+. The van der Waals surface area contributed by atoms with E-state index < -0.39 is 40.3 Å². The Morgan fingerprint density at radius 3 is 2.41 bits per heavy atom. The van der Waals surface area contributed by atoms with E-state index in [1.54, 1.807) is 12.1 Å². The summed E-state index contributed by atoms with van der Waals surface area (Å²) in [5.41, 5.74) is 1.26. The van der Waals surface area contributed by atoms with E-state index in [1.807, 2.05) is 11.0 Å². The molecule has 37 heavy (non-hydrogen) atoms. The number of nitrogens with zero attached hydrogens (tertiary/aromatic N) is 2. The van der Waals surface area contributed by atoms with Gasteiger partial charge in [-0.2, -0.15) is 9.28 Å². The van der Waals surface area contributed by atoms with Crippen molar-refractivity contribution >= 4 is 39.6 Å². The fourth-order valence-corrected chi connectivity index (χ4v) is 6.87. The van der Waals surface area contributed by atoms with E-state index in [4.69, 9.17) is 5.11 Å². The quantitative estimate of drug-likeness (QED) is 0.394. The van der Waals surface area contributed by atoms with Crippen LogP contribution in [0, 0.1) is 17.6 Å². The van der Waals surface area contributed by atoms with Crippen molar-refractivity contribution in [3.63, 3.8) is 0 Å². The molecule has 2 fully saturated rings. The number of carboxylic acid groups (broad SMARTS) is 2. The Bertz CT molecular complexity index is 1270. The fraction of sp³-hybridized carbons (Fsp3) is 0.444. The molecule has 2 aromatic rings. The maximum absolute atomic E-state index is 14.8. The number of benzene rings is 2. The number of hydrogen-bond acceptors (Lipinski definition) is 3. The van der Waals surface area contributed by atoms with Gasteiger partial charge in [0.1, 0.15) is 29.9 Å². The van der Waals surface area contributed by atoms with Gasteiger partial charge in [-0.1, -0.05) is 15.9 Å². The van der Waals surface area contributed by atoms with Crippen LogP contribution in [0.2, 0.25) is 0 Å².